The van der Waals surface area contributed by atoms with Crippen molar-refractivity contribution in [1.82, 2.24) is 0 Å². The van der Waals surface area contributed by atoms with E-state index in [1.54, 1.807) is 64.2 Å². The van der Waals surface area contributed by atoms with Gasteiger partial charge in [-0.05, 0) is 199 Å². The van der Waals surface area contributed by atoms with Gasteiger partial charge in [-0.2, -0.15) is 0 Å². The molecule has 0 heteroatoms. The topological polar surface area (TPSA) is 0 Å². The van der Waals surface area contributed by atoms with E-state index in [9.17, 15) is 0 Å². The van der Waals surface area contributed by atoms with E-state index in [1.807, 2.05) is 0 Å². The average Bonchev–Trinajstić information content (AvgIpc) is 3.72. The SMILES string of the molecule is CCCCC/C=C\C/C=C\CCCCCCCCC1(CCCCCCCC/C=C\C/C=C\CCCCC)CCC2(CC1)C[C@H]1C[C@@H](CCCCC(C)(C)CCCC)[C@@H](CCCCC(C)(C)CCCC)C[C@@H]1C2. The van der Waals surface area contributed by atoms with Crippen LogP contribution in [0.15, 0.2) is 48.6 Å². The molecule has 0 N–H and O–H groups in total. The molecule has 3 aliphatic carbocycles. The van der Waals surface area contributed by atoms with Crippen LogP contribution in [0.5, 0.6) is 0 Å². The highest BCUT2D eigenvalue weighted by atomic mass is 14.6. The maximum atomic E-state index is 2.56. The molecular formula is C72H132. The Balaban J connectivity index is 1.51. The van der Waals surface area contributed by atoms with Crippen LogP contribution in [-0.2, 0) is 0 Å². The smallest absolute Gasteiger partial charge is 0.0169 e. The van der Waals surface area contributed by atoms with Crippen LogP contribution in [0.25, 0.3) is 0 Å². The van der Waals surface area contributed by atoms with Crippen molar-refractivity contribution in [3.63, 3.8) is 0 Å². The molecular weight excluding hydrogens is 865 g/mol. The van der Waals surface area contributed by atoms with E-state index < -0.39 is 0 Å². The van der Waals surface area contributed by atoms with Crippen molar-refractivity contribution < 1.29 is 0 Å². The van der Waals surface area contributed by atoms with E-state index in [2.05, 4.69) is 104 Å². The Morgan fingerprint density at radius 2 is 0.681 bits per heavy atom. The van der Waals surface area contributed by atoms with E-state index in [-0.39, 0.29) is 0 Å². The van der Waals surface area contributed by atoms with Crippen molar-refractivity contribution in [1.29, 1.82) is 0 Å². The van der Waals surface area contributed by atoms with Crippen molar-refractivity contribution in [2.45, 2.75) is 364 Å². The van der Waals surface area contributed by atoms with Gasteiger partial charge in [0.25, 0.3) is 0 Å². The molecule has 0 amide bonds. The number of hydrogen-bond acceptors (Lipinski definition) is 0. The fourth-order valence-corrected chi connectivity index (χ4v) is 14.9. The highest BCUT2D eigenvalue weighted by Crippen LogP contribution is 2.63. The minimum Gasteiger partial charge on any atom is -0.0882 e. The highest BCUT2D eigenvalue weighted by Gasteiger charge is 2.52. The quantitative estimate of drug-likeness (QED) is 0.0421. The summed E-state index contributed by atoms with van der Waals surface area (Å²) in [6.45, 7) is 19.6. The largest absolute Gasteiger partial charge is 0.0882 e. The summed E-state index contributed by atoms with van der Waals surface area (Å²) in [6, 6.07) is 0. The highest BCUT2D eigenvalue weighted by molar-refractivity contribution is 5.03. The first-order chi connectivity index (χ1) is 35.0. The molecule has 0 nitrogen and oxygen atoms in total. The minimum absolute atomic E-state index is 0.538. The second kappa shape index (κ2) is 40.2. The Hall–Kier alpha value is -1.04. The molecule has 3 aliphatic rings. The molecule has 3 fully saturated rings. The number of hydrogen-bond donors (Lipinski definition) is 0. The van der Waals surface area contributed by atoms with Crippen molar-refractivity contribution in [3.8, 4) is 0 Å². The van der Waals surface area contributed by atoms with Gasteiger partial charge in [-0.25, -0.2) is 0 Å². The molecule has 0 aromatic rings. The lowest BCUT2D eigenvalue weighted by molar-refractivity contribution is 0.0568. The van der Waals surface area contributed by atoms with Gasteiger partial charge in [0.15, 0.2) is 0 Å². The van der Waals surface area contributed by atoms with Crippen LogP contribution >= 0.6 is 0 Å². The van der Waals surface area contributed by atoms with Crippen molar-refractivity contribution in [2.75, 3.05) is 0 Å². The van der Waals surface area contributed by atoms with Gasteiger partial charge in [0.2, 0.25) is 0 Å². The summed E-state index contributed by atoms with van der Waals surface area (Å²) in [5.74, 6) is 4.13. The molecule has 1 spiro atoms. The lowest BCUT2D eigenvalue weighted by Crippen LogP contribution is -2.33. The zero-order valence-electron chi connectivity index (χ0n) is 50.9. The molecule has 420 valence electrons. The van der Waals surface area contributed by atoms with Crippen LogP contribution in [0.1, 0.15) is 364 Å². The van der Waals surface area contributed by atoms with Gasteiger partial charge in [-0.3, -0.25) is 0 Å². The summed E-state index contributed by atoms with van der Waals surface area (Å²) in [6.07, 6.45) is 88.2. The second-order valence-electron chi connectivity index (χ2n) is 27.6. The van der Waals surface area contributed by atoms with Gasteiger partial charge < -0.3 is 0 Å². The predicted octanol–water partition coefficient (Wildman–Crippen LogP) is 25.5. The minimum atomic E-state index is 0.538. The summed E-state index contributed by atoms with van der Waals surface area (Å²) in [5.41, 5.74) is 2.43. The number of rotatable bonds is 46. The zero-order valence-corrected chi connectivity index (χ0v) is 50.9. The third-order valence-corrected chi connectivity index (χ3v) is 19.9. The molecule has 0 heterocycles. The van der Waals surface area contributed by atoms with Gasteiger partial charge in [0.05, 0.1) is 0 Å². The average molecular weight is 998 g/mol. The second-order valence-corrected chi connectivity index (χ2v) is 27.6. The van der Waals surface area contributed by atoms with Gasteiger partial charge >= 0.3 is 0 Å². The first kappa shape index (κ1) is 65.2. The summed E-state index contributed by atoms with van der Waals surface area (Å²) in [5, 5.41) is 0. The molecule has 0 aromatic heterocycles. The molecule has 4 atom stereocenters. The first-order valence-electron chi connectivity index (χ1n) is 33.6. The van der Waals surface area contributed by atoms with Gasteiger partial charge in [0.1, 0.15) is 0 Å². The van der Waals surface area contributed by atoms with E-state index in [4.69, 9.17) is 0 Å². The van der Waals surface area contributed by atoms with Crippen molar-refractivity contribution >= 4 is 0 Å². The maximum Gasteiger partial charge on any atom is -0.0169 e. The number of fused-ring (bicyclic) bond motifs is 1. The van der Waals surface area contributed by atoms with Crippen LogP contribution < -0.4 is 0 Å². The normalized spacial score (nSPS) is 21.4. The molecule has 3 saturated carbocycles. The lowest BCUT2D eigenvalue weighted by atomic mass is 9.59. The van der Waals surface area contributed by atoms with Gasteiger partial charge in [0, 0.05) is 0 Å². The lowest BCUT2D eigenvalue weighted by Gasteiger charge is -2.46. The van der Waals surface area contributed by atoms with Crippen molar-refractivity contribution in [2.24, 2.45) is 45.3 Å². The molecule has 72 heavy (non-hydrogen) atoms. The fourth-order valence-electron chi connectivity index (χ4n) is 14.9. The maximum absolute atomic E-state index is 2.56. The van der Waals surface area contributed by atoms with Crippen molar-refractivity contribution in [3.05, 3.63) is 48.6 Å². The van der Waals surface area contributed by atoms with E-state index in [0.717, 1.165) is 36.5 Å². The van der Waals surface area contributed by atoms with E-state index in [1.165, 1.54) is 231 Å². The Labute approximate surface area is 455 Å². The number of unbranched alkanes of at least 4 members (excludes halogenated alkanes) is 22. The third kappa shape index (κ3) is 30.0. The summed E-state index contributed by atoms with van der Waals surface area (Å²) in [4.78, 5) is 0. The third-order valence-electron chi connectivity index (χ3n) is 19.9. The Morgan fingerprint density at radius 3 is 1.06 bits per heavy atom. The molecule has 0 unspecified atom stereocenters. The van der Waals surface area contributed by atoms with Crippen LogP contribution in [0.2, 0.25) is 0 Å². The fraction of sp³-hybridized carbons (Fsp3) is 0.889. The standard InChI is InChI=1S/C72H132/c1-9-13-17-19-21-23-25-27-29-31-33-35-37-39-41-45-55-71(56-46-42-40-38-36-34-32-30-28-26-24-22-20-18-14-10-2)57-59-72(60-58-71)63-67-61-65(49-43-47-53-69(5,6)51-15-11-3)66(62-68(67)64-72)50-44-48-54-70(7,8)52-16-12-4/h21-24,27-30,65-68H,9-20,25-26,31-64H2,1-8H3/b23-21-,24-22-,29-27-,30-28-/t65-,66+,67-,68-/m1/s1. The Morgan fingerprint density at radius 1 is 0.347 bits per heavy atom. The first-order valence-corrected chi connectivity index (χ1v) is 33.6. The van der Waals surface area contributed by atoms with Crippen LogP contribution in [0, 0.1) is 45.3 Å². The predicted molar refractivity (Wildman–Crippen MR) is 327 cm³/mol. The Bertz CT molecular complexity index is 1260. The molecule has 0 radical (unpaired) electrons. The molecule has 0 aromatic carbocycles. The van der Waals surface area contributed by atoms with Crippen LogP contribution in [0.3, 0.4) is 0 Å². The molecule has 0 aliphatic heterocycles. The summed E-state index contributed by atoms with van der Waals surface area (Å²) >= 11 is 0. The monoisotopic (exact) mass is 997 g/mol. The molecule has 3 rings (SSSR count). The van der Waals surface area contributed by atoms with Crippen LogP contribution in [-0.4, -0.2) is 0 Å². The summed E-state index contributed by atoms with van der Waals surface area (Å²) < 4.78 is 0. The van der Waals surface area contributed by atoms with Gasteiger partial charge in [-0.15, -0.1) is 0 Å². The molecule has 0 bridgehead atoms. The molecule has 0 saturated heterocycles. The van der Waals surface area contributed by atoms with E-state index >= 15 is 0 Å². The van der Waals surface area contributed by atoms with Gasteiger partial charge in [-0.1, -0.05) is 258 Å². The number of allylic oxidation sites excluding steroid dienone is 8. The summed E-state index contributed by atoms with van der Waals surface area (Å²) in [7, 11) is 0. The Kier molecular flexibility index (Phi) is 36.4. The zero-order chi connectivity index (χ0) is 51.9. The van der Waals surface area contributed by atoms with Crippen LogP contribution in [0.4, 0.5) is 0 Å². The van der Waals surface area contributed by atoms with E-state index in [0.29, 0.717) is 21.7 Å².